The van der Waals surface area contributed by atoms with Crippen molar-refractivity contribution in [1.29, 1.82) is 0 Å². The Morgan fingerprint density at radius 2 is 1.90 bits per heavy atom. The fourth-order valence-corrected chi connectivity index (χ4v) is 2.51. The van der Waals surface area contributed by atoms with Crippen LogP contribution in [0.3, 0.4) is 0 Å². The van der Waals surface area contributed by atoms with E-state index in [9.17, 15) is 18.3 Å². The van der Waals surface area contributed by atoms with Gasteiger partial charge in [-0.2, -0.15) is 0 Å². The molecule has 3 N–H and O–H groups in total. The minimum Gasteiger partial charge on any atom is -0.497 e. The van der Waals surface area contributed by atoms with Crippen LogP contribution < -0.4 is 10.5 Å². The maximum atomic E-state index is 13.8. The predicted octanol–water partition coefficient (Wildman–Crippen LogP) is 4.28. The van der Waals surface area contributed by atoms with Gasteiger partial charge >= 0.3 is 0 Å². The average Bonchev–Trinajstić information content (AvgIpc) is 2.72. The van der Waals surface area contributed by atoms with Crippen molar-refractivity contribution in [1.82, 2.24) is 0 Å². The van der Waals surface area contributed by atoms with Crippen molar-refractivity contribution in [3.63, 3.8) is 0 Å². The molecule has 0 radical (unpaired) electrons. The van der Waals surface area contributed by atoms with E-state index in [1.54, 1.807) is 26.2 Å². The molecular weight excluding hydrogens is 385 g/mol. The number of nitrogens with two attached hydrogens (primary N) is 1. The molecule has 0 aliphatic heterocycles. The van der Waals surface area contributed by atoms with E-state index in [4.69, 9.17) is 15.2 Å². The van der Waals surface area contributed by atoms with Crippen LogP contribution in [-0.2, 0) is 11.3 Å². The standard InChI is InChI=1S/C21H23F3N2O3/c1-13(29-12-14-3-6-17(28-2)7-4-14)18-9-15(22)5-8-20(18)26-16(11-27)10-19(25)21(23)24/h3-10,13,21,27H,11-12,25H2,1-2H3/t13-/m1/s1. The van der Waals surface area contributed by atoms with Crippen LogP contribution in [0, 0.1) is 5.82 Å². The summed E-state index contributed by atoms with van der Waals surface area (Å²) in [5.41, 5.74) is 6.03. The van der Waals surface area contributed by atoms with Crippen LogP contribution in [0.5, 0.6) is 5.75 Å². The number of alkyl halides is 2. The largest absolute Gasteiger partial charge is 0.497 e. The lowest BCUT2D eigenvalue weighted by Crippen LogP contribution is -2.12. The normalized spacial score (nSPS) is 13.6. The molecule has 0 saturated heterocycles. The number of aliphatic hydroxyl groups is 1. The highest BCUT2D eigenvalue weighted by molar-refractivity contribution is 5.98. The molecule has 156 valence electrons. The first-order valence-corrected chi connectivity index (χ1v) is 8.81. The number of aliphatic hydroxyl groups excluding tert-OH is 1. The molecule has 5 nitrogen and oxygen atoms in total. The number of nitrogens with zero attached hydrogens (tertiary/aromatic N) is 1. The van der Waals surface area contributed by atoms with Gasteiger partial charge in [0.25, 0.3) is 6.43 Å². The summed E-state index contributed by atoms with van der Waals surface area (Å²) in [6, 6.07) is 11.1. The van der Waals surface area contributed by atoms with Gasteiger partial charge in [-0.15, -0.1) is 0 Å². The van der Waals surface area contributed by atoms with Crippen LogP contribution in [-0.4, -0.2) is 31.0 Å². The third-order valence-corrected chi connectivity index (χ3v) is 4.10. The van der Waals surface area contributed by atoms with Crippen LogP contribution in [0.4, 0.5) is 18.9 Å². The van der Waals surface area contributed by atoms with Crippen molar-refractivity contribution in [3.8, 4) is 5.75 Å². The van der Waals surface area contributed by atoms with Gasteiger partial charge in [-0.25, -0.2) is 13.2 Å². The Kier molecular flexibility index (Phi) is 8.23. The Hall–Kier alpha value is -2.84. The Morgan fingerprint density at radius 1 is 1.21 bits per heavy atom. The number of hydrogen-bond acceptors (Lipinski definition) is 5. The van der Waals surface area contributed by atoms with E-state index < -0.39 is 30.7 Å². The first-order valence-electron chi connectivity index (χ1n) is 8.81. The first-order chi connectivity index (χ1) is 13.8. The maximum absolute atomic E-state index is 13.8. The second-order valence-corrected chi connectivity index (χ2v) is 6.21. The summed E-state index contributed by atoms with van der Waals surface area (Å²) in [4.78, 5) is 4.15. The molecule has 0 heterocycles. The summed E-state index contributed by atoms with van der Waals surface area (Å²) >= 11 is 0. The smallest absolute Gasteiger partial charge is 0.277 e. The lowest BCUT2D eigenvalue weighted by atomic mass is 10.1. The lowest BCUT2D eigenvalue weighted by Gasteiger charge is -2.16. The molecule has 1 atom stereocenters. The fourth-order valence-electron chi connectivity index (χ4n) is 2.51. The van der Waals surface area contributed by atoms with Gasteiger partial charge < -0.3 is 20.3 Å². The monoisotopic (exact) mass is 408 g/mol. The maximum Gasteiger partial charge on any atom is 0.277 e. The van der Waals surface area contributed by atoms with E-state index in [0.29, 0.717) is 5.56 Å². The molecule has 0 bridgehead atoms. The Balaban J connectivity index is 2.23. The molecule has 2 aromatic rings. The summed E-state index contributed by atoms with van der Waals surface area (Å²) in [5, 5.41) is 9.41. The van der Waals surface area contributed by atoms with Gasteiger partial charge in [0.1, 0.15) is 11.6 Å². The topological polar surface area (TPSA) is 77.1 Å². The lowest BCUT2D eigenvalue weighted by molar-refractivity contribution is 0.0527. The van der Waals surface area contributed by atoms with Gasteiger partial charge in [-0.1, -0.05) is 12.1 Å². The van der Waals surface area contributed by atoms with Gasteiger partial charge in [0.15, 0.2) is 0 Å². The number of aliphatic imine (C=N–C) groups is 1. The van der Waals surface area contributed by atoms with E-state index >= 15 is 0 Å². The van der Waals surface area contributed by atoms with E-state index in [1.807, 2.05) is 12.1 Å². The predicted molar refractivity (Wildman–Crippen MR) is 105 cm³/mol. The summed E-state index contributed by atoms with van der Waals surface area (Å²) in [6.45, 7) is 1.38. The third kappa shape index (κ3) is 6.62. The minimum absolute atomic E-state index is 0.0713. The molecule has 0 amide bonds. The SMILES string of the molecule is COc1ccc(CO[C@H](C)c2cc(F)ccc2N=C(C=C(N)C(F)F)CO)cc1. The van der Waals surface area contributed by atoms with Crippen LogP contribution in [0.25, 0.3) is 0 Å². The number of halogens is 3. The zero-order chi connectivity index (χ0) is 21.4. The van der Waals surface area contributed by atoms with Crippen molar-refractivity contribution in [2.75, 3.05) is 13.7 Å². The van der Waals surface area contributed by atoms with Gasteiger partial charge in [-0.05, 0) is 48.9 Å². The van der Waals surface area contributed by atoms with Crippen molar-refractivity contribution in [3.05, 3.63) is 71.2 Å². The highest BCUT2D eigenvalue weighted by atomic mass is 19.3. The molecule has 0 saturated carbocycles. The number of methoxy groups -OCH3 is 1. The van der Waals surface area contributed by atoms with Gasteiger partial charge in [-0.3, -0.25) is 4.99 Å². The van der Waals surface area contributed by atoms with Gasteiger partial charge in [0.05, 0.1) is 43.5 Å². The van der Waals surface area contributed by atoms with Crippen LogP contribution in [0.15, 0.2) is 59.2 Å². The van der Waals surface area contributed by atoms with Crippen molar-refractivity contribution >= 4 is 11.4 Å². The van der Waals surface area contributed by atoms with Crippen molar-refractivity contribution in [2.24, 2.45) is 10.7 Å². The molecule has 8 heteroatoms. The molecule has 0 fully saturated rings. The van der Waals surface area contributed by atoms with E-state index in [1.165, 1.54) is 18.2 Å². The zero-order valence-electron chi connectivity index (χ0n) is 16.1. The van der Waals surface area contributed by atoms with Crippen LogP contribution in [0.1, 0.15) is 24.2 Å². The molecule has 0 spiro atoms. The summed E-state index contributed by atoms with van der Waals surface area (Å²) in [7, 11) is 1.57. The summed E-state index contributed by atoms with van der Waals surface area (Å²) in [5.74, 6) is 0.225. The van der Waals surface area contributed by atoms with Gasteiger partial charge in [0, 0.05) is 5.56 Å². The number of benzene rings is 2. The number of allylic oxidation sites excluding steroid dienone is 1. The summed E-state index contributed by atoms with van der Waals surface area (Å²) < 4.78 is 50.0. The molecule has 29 heavy (non-hydrogen) atoms. The molecule has 0 aliphatic carbocycles. The Bertz CT molecular complexity index is 868. The third-order valence-electron chi connectivity index (χ3n) is 4.10. The zero-order valence-corrected chi connectivity index (χ0v) is 16.1. The molecule has 2 rings (SSSR count). The molecule has 0 unspecified atom stereocenters. The molecule has 0 aliphatic rings. The average molecular weight is 408 g/mol. The highest BCUT2D eigenvalue weighted by Gasteiger charge is 2.14. The highest BCUT2D eigenvalue weighted by Crippen LogP contribution is 2.30. The van der Waals surface area contributed by atoms with E-state index in [0.717, 1.165) is 17.4 Å². The van der Waals surface area contributed by atoms with E-state index in [-0.39, 0.29) is 18.0 Å². The fraction of sp³-hybridized carbons (Fsp3) is 0.286. The number of ether oxygens (including phenoxy) is 2. The Labute approximate surface area is 167 Å². The first kappa shape index (κ1) is 22.4. The van der Waals surface area contributed by atoms with Crippen LogP contribution in [0.2, 0.25) is 0 Å². The van der Waals surface area contributed by atoms with Crippen LogP contribution >= 0.6 is 0 Å². The minimum atomic E-state index is -2.87. The second kappa shape index (κ2) is 10.6. The second-order valence-electron chi connectivity index (χ2n) is 6.21. The Morgan fingerprint density at radius 3 is 2.48 bits per heavy atom. The quantitative estimate of drug-likeness (QED) is 0.607. The van der Waals surface area contributed by atoms with Gasteiger partial charge in [0.2, 0.25) is 0 Å². The molecule has 2 aromatic carbocycles. The number of hydrogen-bond donors (Lipinski definition) is 2. The van der Waals surface area contributed by atoms with Crippen molar-refractivity contribution < 1.29 is 27.8 Å². The number of rotatable bonds is 9. The van der Waals surface area contributed by atoms with Crippen molar-refractivity contribution in [2.45, 2.75) is 26.1 Å². The van der Waals surface area contributed by atoms with E-state index in [2.05, 4.69) is 4.99 Å². The molecule has 0 aromatic heterocycles. The molecular formula is C21H23F3N2O3. The summed E-state index contributed by atoms with van der Waals surface area (Å²) in [6.07, 6.45) is -2.52.